The van der Waals surface area contributed by atoms with Crippen molar-refractivity contribution in [2.24, 2.45) is 0 Å². The molecule has 1 rings (SSSR count). The summed E-state index contributed by atoms with van der Waals surface area (Å²) in [4.78, 5) is 13.5. The minimum Gasteiger partial charge on any atom is -0.423 e. The predicted molar refractivity (Wildman–Crippen MR) is 43.3 cm³/mol. The van der Waals surface area contributed by atoms with E-state index in [2.05, 4.69) is 4.94 Å². The fourth-order valence-corrected chi connectivity index (χ4v) is 0.940. The Kier molecular flexibility index (Phi) is 3.16. The number of carbonyl (C=O) groups is 1. The van der Waals surface area contributed by atoms with Crippen LogP contribution in [0.15, 0.2) is 12.1 Å². The lowest BCUT2D eigenvalue weighted by Gasteiger charge is -2.04. The van der Waals surface area contributed by atoms with E-state index < -0.39 is 24.2 Å². The van der Waals surface area contributed by atoms with E-state index in [4.69, 9.17) is 10.0 Å². The maximum absolute atomic E-state index is 13.0. The Morgan fingerprint density at radius 3 is 2.50 bits per heavy atom. The highest BCUT2D eigenvalue weighted by molar-refractivity contribution is 6.58. The maximum Gasteiger partial charge on any atom is 0.488 e. The van der Waals surface area contributed by atoms with Crippen molar-refractivity contribution in [3.8, 4) is 5.75 Å². The van der Waals surface area contributed by atoms with Gasteiger partial charge in [0.15, 0.2) is 12.0 Å². The van der Waals surface area contributed by atoms with Crippen LogP contribution in [-0.4, -0.2) is 23.5 Å². The molecule has 0 aliphatic rings. The summed E-state index contributed by atoms with van der Waals surface area (Å²) >= 11 is 0. The standard InChI is InChI=1S/C7H5BF2O4/c9-6-1-4(8(12)13)2-7(14-10)5(6)3-11/h1-3,12-13H. The average Bonchev–Trinajstić information content (AvgIpc) is 2.16. The van der Waals surface area contributed by atoms with Gasteiger partial charge in [0.05, 0.1) is 5.56 Å². The normalized spacial score (nSPS) is 9.71. The Balaban J connectivity index is 3.31. The smallest absolute Gasteiger partial charge is 0.423 e. The summed E-state index contributed by atoms with van der Waals surface area (Å²) in [6, 6.07) is 1.52. The lowest BCUT2D eigenvalue weighted by Crippen LogP contribution is -2.30. The number of halogens is 2. The van der Waals surface area contributed by atoms with Gasteiger partial charge in [-0.1, -0.05) is 0 Å². The second-order valence-electron chi connectivity index (χ2n) is 2.48. The molecule has 1 aromatic carbocycles. The van der Waals surface area contributed by atoms with Crippen molar-refractivity contribution in [3.05, 3.63) is 23.5 Å². The van der Waals surface area contributed by atoms with E-state index in [1.165, 1.54) is 0 Å². The van der Waals surface area contributed by atoms with E-state index in [9.17, 15) is 13.7 Å². The molecule has 0 radical (unpaired) electrons. The molecular formula is C7H5BF2O4. The van der Waals surface area contributed by atoms with E-state index in [0.29, 0.717) is 6.07 Å². The van der Waals surface area contributed by atoms with Gasteiger partial charge < -0.3 is 10.0 Å². The Labute approximate surface area is 77.8 Å². The Morgan fingerprint density at radius 2 is 2.07 bits per heavy atom. The van der Waals surface area contributed by atoms with Gasteiger partial charge in [-0.05, 0) is 17.6 Å². The number of rotatable bonds is 3. The van der Waals surface area contributed by atoms with Gasteiger partial charge in [-0.25, -0.2) is 4.39 Å². The molecular weight excluding hydrogens is 197 g/mol. The van der Waals surface area contributed by atoms with Gasteiger partial charge in [-0.3, -0.25) is 9.74 Å². The molecule has 0 bridgehead atoms. The lowest BCUT2D eigenvalue weighted by molar-refractivity contribution is -0.00713. The number of aldehydes is 1. The fraction of sp³-hybridized carbons (Fsp3) is 0. The van der Waals surface area contributed by atoms with Gasteiger partial charge in [0.25, 0.3) is 0 Å². The van der Waals surface area contributed by atoms with E-state index in [1.54, 1.807) is 0 Å². The molecule has 4 nitrogen and oxygen atoms in total. The summed E-state index contributed by atoms with van der Waals surface area (Å²) in [6.07, 6.45) is 0.0672. The Morgan fingerprint density at radius 1 is 1.43 bits per heavy atom. The van der Waals surface area contributed by atoms with Crippen LogP contribution in [0.25, 0.3) is 0 Å². The van der Waals surface area contributed by atoms with Crippen LogP contribution >= 0.6 is 0 Å². The third-order valence-corrected chi connectivity index (χ3v) is 1.61. The fourth-order valence-electron chi connectivity index (χ4n) is 0.940. The first-order chi connectivity index (χ1) is 6.60. The second-order valence-corrected chi connectivity index (χ2v) is 2.48. The molecule has 14 heavy (non-hydrogen) atoms. The van der Waals surface area contributed by atoms with Crippen LogP contribution in [0.4, 0.5) is 8.92 Å². The first-order valence-corrected chi connectivity index (χ1v) is 3.53. The number of hydrogen-bond donors (Lipinski definition) is 2. The zero-order valence-electron chi connectivity index (χ0n) is 6.78. The van der Waals surface area contributed by atoms with Crippen molar-refractivity contribution in [3.63, 3.8) is 0 Å². The topological polar surface area (TPSA) is 66.8 Å². The first kappa shape index (κ1) is 10.6. The van der Waals surface area contributed by atoms with E-state index in [1.807, 2.05) is 0 Å². The van der Waals surface area contributed by atoms with Crippen LogP contribution in [0.1, 0.15) is 10.4 Å². The molecule has 0 saturated heterocycles. The largest absolute Gasteiger partial charge is 0.488 e. The molecule has 0 aromatic heterocycles. The summed E-state index contributed by atoms with van der Waals surface area (Å²) in [5, 5.41) is 17.3. The van der Waals surface area contributed by atoms with Crippen molar-refractivity contribution in [1.29, 1.82) is 0 Å². The van der Waals surface area contributed by atoms with Crippen LogP contribution in [0.3, 0.4) is 0 Å². The van der Waals surface area contributed by atoms with Crippen LogP contribution in [0.5, 0.6) is 5.75 Å². The molecule has 7 heteroatoms. The van der Waals surface area contributed by atoms with Crippen molar-refractivity contribution in [2.75, 3.05) is 0 Å². The van der Waals surface area contributed by atoms with Crippen molar-refractivity contribution < 1.29 is 28.7 Å². The third-order valence-electron chi connectivity index (χ3n) is 1.61. The van der Waals surface area contributed by atoms with Gasteiger partial charge in [0, 0.05) is 4.53 Å². The molecule has 0 amide bonds. The lowest BCUT2D eigenvalue weighted by atomic mass is 9.79. The molecule has 0 atom stereocenters. The number of benzene rings is 1. The molecule has 0 fully saturated rings. The average molecular weight is 202 g/mol. The molecule has 1 aromatic rings. The van der Waals surface area contributed by atoms with Crippen LogP contribution in [0.2, 0.25) is 0 Å². The van der Waals surface area contributed by atoms with Crippen LogP contribution in [-0.2, 0) is 0 Å². The second kappa shape index (κ2) is 4.16. The Bertz CT molecular complexity index is 356. The van der Waals surface area contributed by atoms with Gasteiger partial charge in [0.1, 0.15) is 5.82 Å². The van der Waals surface area contributed by atoms with Gasteiger partial charge in [0.2, 0.25) is 0 Å². The van der Waals surface area contributed by atoms with Crippen molar-refractivity contribution in [2.45, 2.75) is 0 Å². The van der Waals surface area contributed by atoms with E-state index in [0.717, 1.165) is 6.07 Å². The first-order valence-electron chi connectivity index (χ1n) is 3.53. The number of hydrogen-bond acceptors (Lipinski definition) is 4. The molecule has 0 aliphatic carbocycles. The predicted octanol–water partition coefficient (Wildman–Crippen LogP) is -0.419. The van der Waals surface area contributed by atoms with Crippen molar-refractivity contribution >= 4 is 18.9 Å². The van der Waals surface area contributed by atoms with Gasteiger partial charge >= 0.3 is 7.12 Å². The molecule has 0 aliphatic heterocycles. The van der Waals surface area contributed by atoms with Crippen LogP contribution < -0.4 is 10.4 Å². The van der Waals surface area contributed by atoms with Gasteiger partial charge in [-0.15, -0.1) is 0 Å². The molecule has 0 saturated carbocycles. The zero-order valence-corrected chi connectivity index (χ0v) is 6.78. The van der Waals surface area contributed by atoms with E-state index in [-0.39, 0.29) is 11.7 Å². The monoisotopic (exact) mass is 202 g/mol. The van der Waals surface area contributed by atoms with Crippen LogP contribution in [0, 0.1) is 5.82 Å². The Hall–Kier alpha value is -1.47. The molecule has 2 N–H and O–H groups in total. The SMILES string of the molecule is O=Cc1c(F)cc(B(O)O)cc1OF. The summed E-state index contributed by atoms with van der Waals surface area (Å²) in [6.45, 7) is 0. The summed E-state index contributed by atoms with van der Waals surface area (Å²) in [5.41, 5.74) is -0.919. The van der Waals surface area contributed by atoms with Crippen molar-refractivity contribution in [1.82, 2.24) is 0 Å². The molecule has 0 heterocycles. The zero-order chi connectivity index (χ0) is 10.7. The quantitative estimate of drug-likeness (QED) is 0.516. The minimum absolute atomic E-state index is 0.0672. The molecule has 0 unspecified atom stereocenters. The minimum atomic E-state index is -1.96. The summed E-state index contributed by atoms with van der Waals surface area (Å²) in [7, 11) is -1.96. The number of carbonyl (C=O) groups excluding carboxylic acids is 1. The molecule has 0 spiro atoms. The maximum atomic E-state index is 13.0. The molecule has 74 valence electrons. The van der Waals surface area contributed by atoms with E-state index >= 15 is 0 Å². The van der Waals surface area contributed by atoms with Gasteiger partial charge in [-0.2, -0.15) is 0 Å². The summed E-state index contributed by atoms with van der Waals surface area (Å²) in [5.74, 6) is -1.78. The highest BCUT2D eigenvalue weighted by Gasteiger charge is 2.18. The third kappa shape index (κ3) is 1.89. The highest BCUT2D eigenvalue weighted by Crippen LogP contribution is 2.18. The summed E-state index contributed by atoms with van der Waals surface area (Å²) < 4.78 is 24.8. The highest BCUT2D eigenvalue weighted by atomic mass is 19.3.